The summed E-state index contributed by atoms with van der Waals surface area (Å²) in [7, 11) is 1.23. The second-order valence-electron chi connectivity index (χ2n) is 4.39. The lowest BCUT2D eigenvalue weighted by molar-refractivity contribution is 0.00644. The summed E-state index contributed by atoms with van der Waals surface area (Å²) >= 11 is 0. The zero-order valence-corrected chi connectivity index (χ0v) is 10.3. The molecule has 5 nitrogen and oxygen atoms in total. The summed E-state index contributed by atoms with van der Waals surface area (Å²) in [6.07, 6.45) is 1.42. The van der Waals surface area contributed by atoms with Crippen molar-refractivity contribution in [1.82, 2.24) is 4.98 Å². The van der Waals surface area contributed by atoms with Crippen LogP contribution < -0.4 is 0 Å². The van der Waals surface area contributed by atoms with Gasteiger partial charge in [0, 0.05) is 6.20 Å². The molecule has 17 heavy (non-hydrogen) atoms. The lowest BCUT2D eigenvalue weighted by Crippen LogP contribution is -2.25. The monoisotopic (exact) mass is 237 g/mol. The minimum absolute atomic E-state index is 0.0377. The number of rotatable bonds is 2. The van der Waals surface area contributed by atoms with Crippen LogP contribution in [0.1, 0.15) is 41.6 Å². The summed E-state index contributed by atoms with van der Waals surface area (Å²) in [5.74, 6) is -1.25. The Kier molecular flexibility index (Phi) is 3.83. The van der Waals surface area contributed by atoms with Gasteiger partial charge in [0.15, 0.2) is 5.69 Å². The molecule has 0 aliphatic rings. The van der Waals surface area contributed by atoms with Crippen LogP contribution in [0.3, 0.4) is 0 Å². The summed E-state index contributed by atoms with van der Waals surface area (Å²) in [5, 5.41) is 0. The van der Waals surface area contributed by atoms with Gasteiger partial charge in [-0.15, -0.1) is 0 Å². The molecule has 5 heteroatoms. The van der Waals surface area contributed by atoms with Gasteiger partial charge in [-0.05, 0) is 32.9 Å². The Morgan fingerprint density at radius 1 is 1.24 bits per heavy atom. The number of hydrogen-bond acceptors (Lipinski definition) is 5. The predicted octanol–water partition coefficient (Wildman–Crippen LogP) is 1.82. The second kappa shape index (κ2) is 4.95. The van der Waals surface area contributed by atoms with Gasteiger partial charge in [-0.1, -0.05) is 0 Å². The maximum Gasteiger partial charge on any atom is 0.357 e. The molecule has 0 radical (unpaired) electrons. The minimum atomic E-state index is -0.661. The van der Waals surface area contributed by atoms with Crippen LogP contribution in [0.5, 0.6) is 0 Å². The van der Waals surface area contributed by atoms with Crippen LogP contribution in [0.15, 0.2) is 18.3 Å². The van der Waals surface area contributed by atoms with Crippen LogP contribution >= 0.6 is 0 Å². The smallest absolute Gasteiger partial charge is 0.357 e. The molecule has 0 aliphatic carbocycles. The third-order valence-corrected chi connectivity index (χ3v) is 1.81. The highest BCUT2D eigenvalue weighted by atomic mass is 16.6. The zero-order chi connectivity index (χ0) is 13.1. The molecule has 0 aromatic carbocycles. The number of ether oxygens (including phenoxy) is 2. The highest BCUT2D eigenvalue weighted by Crippen LogP contribution is 2.14. The maximum atomic E-state index is 11.8. The van der Waals surface area contributed by atoms with E-state index >= 15 is 0 Å². The average molecular weight is 237 g/mol. The summed E-state index contributed by atoms with van der Waals surface area (Å²) in [4.78, 5) is 27.1. The van der Waals surface area contributed by atoms with Gasteiger partial charge in [-0.25, -0.2) is 14.6 Å². The third kappa shape index (κ3) is 3.55. The van der Waals surface area contributed by atoms with E-state index in [1.807, 2.05) is 0 Å². The summed E-state index contributed by atoms with van der Waals surface area (Å²) < 4.78 is 9.72. The highest BCUT2D eigenvalue weighted by molar-refractivity contribution is 6.01. The van der Waals surface area contributed by atoms with E-state index in [1.54, 1.807) is 26.8 Å². The first-order chi connectivity index (χ1) is 7.85. The van der Waals surface area contributed by atoms with E-state index in [0.29, 0.717) is 0 Å². The van der Waals surface area contributed by atoms with Crippen molar-refractivity contribution in [3.8, 4) is 0 Å². The van der Waals surface area contributed by atoms with Crippen molar-refractivity contribution in [2.75, 3.05) is 7.11 Å². The Morgan fingerprint density at radius 2 is 1.88 bits per heavy atom. The SMILES string of the molecule is COC(=O)c1ncccc1C(=O)OC(C)(C)C. The minimum Gasteiger partial charge on any atom is -0.464 e. The lowest BCUT2D eigenvalue weighted by atomic mass is 10.1. The van der Waals surface area contributed by atoms with Crippen molar-refractivity contribution in [2.24, 2.45) is 0 Å². The zero-order valence-electron chi connectivity index (χ0n) is 10.3. The predicted molar refractivity (Wildman–Crippen MR) is 60.7 cm³/mol. The van der Waals surface area contributed by atoms with Gasteiger partial charge in [-0.3, -0.25) is 0 Å². The fraction of sp³-hybridized carbons (Fsp3) is 0.417. The molecule has 1 rings (SSSR count). The number of carbonyl (C=O) groups excluding carboxylic acids is 2. The molecule has 0 saturated heterocycles. The Bertz CT molecular complexity index is 434. The maximum absolute atomic E-state index is 11.8. The quantitative estimate of drug-likeness (QED) is 0.734. The fourth-order valence-electron chi connectivity index (χ4n) is 1.16. The van der Waals surface area contributed by atoms with E-state index in [-0.39, 0.29) is 11.3 Å². The van der Waals surface area contributed by atoms with Crippen LogP contribution in [-0.2, 0) is 9.47 Å². The molecular weight excluding hydrogens is 222 g/mol. The average Bonchev–Trinajstić information content (AvgIpc) is 2.25. The number of methoxy groups -OCH3 is 1. The number of pyridine rings is 1. The first-order valence-electron chi connectivity index (χ1n) is 5.12. The van der Waals surface area contributed by atoms with Gasteiger partial charge in [-0.2, -0.15) is 0 Å². The Labute approximate surface area is 99.8 Å². The first-order valence-corrected chi connectivity index (χ1v) is 5.12. The fourth-order valence-corrected chi connectivity index (χ4v) is 1.16. The van der Waals surface area contributed by atoms with E-state index in [1.165, 1.54) is 19.4 Å². The molecule has 1 heterocycles. The van der Waals surface area contributed by atoms with Crippen molar-refractivity contribution in [3.05, 3.63) is 29.6 Å². The van der Waals surface area contributed by atoms with Crippen molar-refractivity contribution < 1.29 is 19.1 Å². The molecule has 0 aliphatic heterocycles. The Hall–Kier alpha value is -1.91. The molecule has 92 valence electrons. The number of nitrogens with zero attached hydrogens (tertiary/aromatic N) is 1. The van der Waals surface area contributed by atoms with Gasteiger partial charge in [0.2, 0.25) is 0 Å². The Balaban J connectivity index is 3.05. The highest BCUT2D eigenvalue weighted by Gasteiger charge is 2.23. The van der Waals surface area contributed by atoms with E-state index in [9.17, 15) is 9.59 Å². The van der Waals surface area contributed by atoms with E-state index in [4.69, 9.17) is 4.74 Å². The van der Waals surface area contributed by atoms with Gasteiger partial charge in [0.05, 0.1) is 12.7 Å². The lowest BCUT2D eigenvalue weighted by Gasteiger charge is -2.19. The van der Waals surface area contributed by atoms with Gasteiger partial charge in [0.25, 0.3) is 0 Å². The number of hydrogen-bond donors (Lipinski definition) is 0. The van der Waals surface area contributed by atoms with Gasteiger partial charge in [0.1, 0.15) is 5.60 Å². The molecule has 0 unspecified atom stereocenters. The number of esters is 2. The van der Waals surface area contributed by atoms with E-state index in [0.717, 1.165) is 0 Å². The van der Waals surface area contributed by atoms with E-state index in [2.05, 4.69) is 9.72 Å². The molecular formula is C12H15NO4. The number of carbonyl (C=O) groups is 2. The molecule has 0 amide bonds. The molecule has 0 N–H and O–H groups in total. The standard InChI is InChI=1S/C12H15NO4/c1-12(2,3)17-10(14)8-6-5-7-13-9(8)11(15)16-4/h5-7H,1-4H3. The first kappa shape index (κ1) is 13.2. The van der Waals surface area contributed by atoms with Crippen LogP contribution in [0.2, 0.25) is 0 Å². The summed E-state index contributed by atoms with van der Waals surface area (Å²) in [5.41, 5.74) is -0.557. The van der Waals surface area contributed by atoms with Crippen LogP contribution in [0.4, 0.5) is 0 Å². The molecule has 0 atom stereocenters. The van der Waals surface area contributed by atoms with Crippen LogP contribution in [0, 0.1) is 0 Å². The van der Waals surface area contributed by atoms with Crippen molar-refractivity contribution in [3.63, 3.8) is 0 Å². The topological polar surface area (TPSA) is 65.5 Å². The molecule has 0 bridgehead atoms. The Morgan fingerprint density at radius 3 is 2.41 bits per heavy atom. The van der Waals surface area contributed by atoms with Crippen molar-refractivity contribution >= 4 is 11.9 Å². The van der Waals surface area contributed by atoms with Crippen molar-refractivity contribution in [2.45, 2.75) is 26.4 Å². The molecule has 1 aromatic rings. The molecule has 1 aromatic heterocycles. The van der Waals surface area contributed by atoms with Gasteiger partial charge < -0.3 is 9.47 Å². The van der Waals surface area contributed by atoms with Crippen molar-refractivity contribution in [1.29, 1.82) is 0 Å². The van der Waals surface area contributed by atoms with Crippen LogP contribution in [-0.4, -0.2) is 29.6 Å². The summed E-state index contributed by atoms with van der Waals surface area (Å²) in [6.45, 7) is 5.25. The van der Waals surface area contributed by atoms with Gasteiger partial charge >= 0.3 is 11.9 Å². The molecule has 0 spiro atoms. The summed E-state index contributed by atoms with van der Waals surface area (Å²) in [6, 6.07) is 3.04. The van der Waals surface area contributed by atoms with Crippen LogP contribution in [0.25, 0.3) is 0 Å². The van der Waals surface area contributed by atoms with E-state index < -0.39 is 17.5 Å². The number of aromatic nitrogens is 1. The molecule has 0 saturated carbocycles. The third-order valence-electron chi connectivity index (χ3n) is 1.81. The normalized spacial score (nSPS) is 10.8. The largest absolute Gasteiger partial charge is 0.464 e. The second-order valence-corrected chi connectivity index (χ2v) is 4.39. The molecule has 0 fully saturated rings.